The van der Waals surface area contributed by atoms with Gasteiger partial charge in [-0.05, 0) is 26.6 Å². The summed E-state index contributed by atoms with van der Waals surface area (Å²) in [5.74, 6) is -0.563. The Balaban J connectivity index is 2.50. The lowest BCUT2D eigenvalue weighted by atomic mass is 10.3. The molecule has 94 valence electrons. The Bertz CT molecular complexity index is 396. The molecule has 0 saturated heterocycles. The fourth-order valence-corrected chi connectivity index (χ4v) is 1.30. The first-order valence-corrected chi connectivity index (χ1v) is 5.22. The Kier molecular flexibility index (Phi) is 4.84. The van der Waals surface area contributed by atoms with E-state index >= 15 is 0 Å². The van der Waals surface area contributed by atoms with Crippen LogP contribution < -0.4 is 4.74 Å². The van der Waals surface area contributed by atoms with Gasteiger partial charge >= 0.3 is 5.69 Å². The third-order valence-electron chi connectivity index (χ3n) is 2.13. The fraction of sp³-hybridized carbons (Fsp3) is 0.455. The number of halogens is 1. The lowest BCUT2D eigenvalue weighted by molar-refractivity contribution is -0.387. The van der Waals surface area contributed by atoms with Gasteiger partial charge < -0.3 is 9.64 Å². The molecule has 0 bridgehead atoms. The van der Waals surface area contributed by atoms with Crippen molar-refractivity contribution in [3.63, 3.8) is 0 Å². The third-order valence-corrected chi connectivity index (χ3v) is 2.13. The largest absolute Gasteiger partial charge is 0.493 e. The van der Waals surface area contributed by atoms with Crippen LogP contribution in [-0.4, -0.2) is 37.1 Å². The molecule has 0 aromatic heterocycles. The predicted molar refractivity (Wildman–Crippen MR) is 61.7 cm³/mol. The molecule has 0 fully saturated rings. The molecular formula is C11H15FN2O3. The third kappa shape index (κ3) is 4.36. The number of hydrogen-bond donors (Lipinski definition) is 0. The van der Waals surface area contributed by atoms with E-state index in [9.17, 15) is 14.5 Å². The van der Waals surface area contributed by atoms with E-state index in [1.54, 1.807) is 0 Å². The van der Waals surface area contributed by atoms with E-state index in [4.69, 9.17) is 4.74 Å². The smallest absolute Gasteiger partial charge is 0.305 e. The zero-order valence-electron chi connectivity index (χ0n) is 9.85. The first kappa shape index (κ1) is 13.4. The molecule has 0 unspecified atom stereocenters. The molecule has 6 heteroatoms. The summed E-state index contributed by atoms with van der Waals surface area (Å²) in [5, 5.41) is 10.4. The van der Waals surface area contributed by atoms with Crippen LogP contribution in [0, 0.1) is 15.9 Å². The molecule has 0 atom stereocenters. The van der Waals surface area contributed by atoms with Crippen molar-refractivity contribution in [2.45, 2.75) is 6.42 Å². The maximum atomic E-state index is 13.2. The Morgan fingerprint density at radius 3 is 2.71 bits per heavy atom. The number of nitro groups is 1. The van der Waals surface area contributed by atoms with E-state index in [2.05, 4.69) is 0 Å². The molecule has 17 heavy (non-hydrogen) atoms. The molecule has 0 N–H and O–H groups in total. The molecule has 1 aromatic rings. The van der Waals surface area contributed by atoms with Crippen molar-refractivity contribution in [2.24, 2.45) is 0 Å². The monoisotopic (exact) mass is 242 g/mol. The molecule has 1 aromatic carbocycles. The van der Waals surface area contributed by atoms with E-state index in [0.29, 0.717) is 12.4 Å². The highest BCUT2D eigenvalue weighted by Crippen LogP contribution is 2.22. The van der Waals surface area contributed by atoms with Gasteiger partial charge in [0, 0.05) is 18.7 Å². The molecule has 0 aliphatic rings. The summed E-state index contributed by atoms with van der Waals surface area (Å²) in [4.78, 5) is 11.6. The maximum absolute atomic E-state index is 13.2. The average Bonchev–Trinajstić information content (AvgIpc) is 2.23. The van der Waals surface area contributed by atoms with Gasteiger partial charge in [-0.3, -0.25) is 10.1 Å². The van der Waals surface area contributed by atoms with Crippen molar-refractivity contribution in [3.05, 3.63) is 34.1 Å². The Morgan fingerprint density at radius 1 is 1.47 bits per heavy atom. The second-order valence-electron chi connectivity index (χ2n) is 3.88. The lowest BCUT2D eigenvalue weighted by Crippen LogP contribution is -2.15. The number of rotatable bonds is 6. The quantitative estimate of drug-likeness (QED) is 0.435. The van der Waals surface area contributed by atoms with Gasteiger partial charge in [0.25, 0.3) is 0 Å². The molecule has 0 saturated carbocycles. The molecule has 0 heterocycles. The molecule has 0 aliphatic carbocycles. The van der Waals surface area contributed by atoms with E-state index in [0.717, 1.165) is 25.1 Å². The molecule has 0 amide bonds. The zero-order chi connectivity index (χ0) is 12.8. The summed E-state index contributed by atoms with van der Waals surface area (Å²) in [6.45, 7) is 1.32. The van der Waals surface area contributed by atoms with E-state index in [1.807, 2.05) is 19.0 Å². The minimum absolute atomic E-state index is 0.312. The maximum Gasteiger partial charge on any atom is 0.305 e. The normalized spacial score (nSPS) is 10.6. The van der Waals surface area contributed by atoms with Crippen LogP contribution in [0.3, 0.4) is 0 Å². The van der Waals surface area contributed by atoms with E-state index in [1.165, 1.54) is 6.07 Å². The molecule has 0 aliphatic heterocycles. The van der Waals surface area contributed by atoms with Gasteiger partial charge in [0.05, 0.1) is 11.5 Å². The van der Waals surface area contributed by atoms with Crippen LogP contribution >= 0.6 is 0 Å². The van der Waals surface area contributed by atoms with Crippen molar-refractivity contribution in [1.29, 1.82) is 0 Å². The summed E-state index contributed by atoms with van der Waals surface area (Å²) in [6, 6.07) is 3.54. The second kappa shape index (κ2) is 6.15. The summed E-state index contributed by atoms with van der Waals surface area (Å²) in [7, 11) is 3.90. The predicted octanol–water partition coefficient (Wildman–Crippen LogP) is 2.06. The summed E-state index contributed by atoms with van der Waals surface area (Å²) < 4.78 is 18.5. The summed E-state index contributed by atoms with van der Waals surface area (Å²) in [5.41, 5.74) is -0.536. The van der Waals surface area contributed by atoms with Gasteiger partial charge in [-0.15, -0.1) is 0 Å². The first-order chi connectivity index (χ1) is 8.00. The molecular weight excluding hydrogens is 227 g/mol. The molecule has 1 rings (SSSR count). The SMILES string of the molecule is CN(C)CCCOc1ccc([N+](=O)[O-])c(F)c1. The van der Waals surface area contributed by atoms with Crippen LogP contribution in [0.25, 0.3) is 0 Å². The number of benzene rings is 1. The summed E-state index contributed by atoms with van der Waals surface area (Å²) in [6.07, 6.45) is 0.811. The Hall–Kier alpha value is -1.69. The van der Waals surface area contributed by atoms with Gasteiger partial charge in [-0.2, -0.15) is 4.39 Å². The van der Waals surface area contributed by atoms with Crippen molar-refractivity contribution in [2.75, 3.05) is 27.2 Å². The highest BCUT2D eigenvalue weighted by atomic mass is 19.1. The van der Waals surface area contributed by atoms with Gasteiger partial charge in [-0.25, -0.2) is 0 Å². The van der Waals surface area contributed by atoms with E-state index < -0.39 is 16.4 Å². The second-order valence-corrected chi connectivity index (χ2v) is 3.88. The molecule has 5 nitrogen and oxygen atoms in total. The number of nitro benzene ring substituents is 1. The van der Waals surface area contributed by atoms with Gasteiger partial charge in [-0.1, -0.05) is 0 Å². The van der Waals surface area contributed by atoms with Crippen LogP contribution in [-0.2, 0) is 0 Å². The van der Waals surface area contributed by atoms with Gasteiger partial charge in [0.15, 0.2) is 0 Å². The fourth-order valence-electron chi connectivity index (χ4n) is 1.30. The molecule has 0 spiro atoms. The average molecular weight is 242 g/mol. The number of hydrogen-bond acceptors (Lipinski definition) is 4. The van der Waals surface area contributed by atoms with Gasteiger partial charge in [0.2, 0.25) is 5.82 Å². The van der Waals surface area contributed by atoms with Crippen LogP contribution in [0.4, 0.5) is 10.1 Å². The standard InChI is InChI=1S/C11H15FN2O3/c1-13(2)6-3-7-17-9-4-5-11(14(15)16)10(12)8-9/h4-5,8H,3,6-7H2,1-2H3. The Morgan fingerprint density at radius 2 is 2.18 bits per heavy atom. The van der Waals surface area contributed by atoms with Crippen LogP contribution in [0.2, 0.25) is 0 Å². The van der Waals surface area contributed by atoms with Crippen molar-refractivity contribution < 1.29 is 14.1 Å². The highest BCUT2D eigenvalue weighted by Gasteiger charge is 2.13. The first-order valence-electron chi connectivity index (χ1n) is 5.22. The Labute approximate surface area is 98.9 Å². The highest BCUT2D eigenvalue weighted by molar-refractivity contribution is 5.37. The van der Waals surface area contributed by atoms with Crippen molar-refractivity contribution >= 4 is 5.69 Å². The number of ether oxygens (including phenoxy) is 1. The lowest BCUT2D eigenvalue weighted by Gasteiger charge is -2.10. The van der Waals surface area contributed by atoms with Crippen LogP contribution in [0.1, 0.15) is 6.42 Å². The summed E-state index contributed by atoms with van der Waals surface area (Å²) >= 11 is 0. The minimum Gasteiger partial charge on any atom is -0.493 e. The number of nitrogens with zero attached hydrogens (tertiary/aromatic N) is 2. The zero-order valence-corrected chi connectivity index (χ0v) is 9.85. The van der Waals surface area contributed by atoms with Crippen LogP contribution in [0.5, 0.6) is 5.75 Å². The van der Waals surface area contributed by atoms with Crippen LogP contribution in [0.15, 0.2) is 18.2 Å². The van der Waals surface area contributed by atoms with Crippen molar-refractivity contribution in [3.8, 4) is 5.75 Å². The van der Waals surface area contributed by atoms with E-state index in [-0.39, 0.29) is 0 Å². The molecule has 0 radical (unpaired) electrons. The topological polar surface area (TPSA) is 55.6 Å². The minimum atomic E-state index is -0.875. The van der Waals surface area contributed by atoms with Crippen molar-refractivity contribution in [1.82, 2.24) is 4.90 Å². The van der Waals surface area contributed by atoms with Gasteiger partial charge in [0.1, 0.15) is 5.75 Å².